The molecule has 0 aromatic carbocycles. The fourth-order valence-electron chi connectivity index (χ4n) is 0.409. The standard InChI is InChI=1S/C7H12N2/c1-7(2)9(3)6-4-5-8/h1,4,6H2,2-3H3. The molecule has 0 saturated carbocycles. The lowest BCUT2D eigenvalue weighted by Gasteiger charge is -2.15. The summed E-state index contributed by atoms with van der Waals surface area (Å²) in [5.41, 5.74) is 1.00. The van der Waals surface area contributed by atoms with Crippen LogP contribution in [0.5, 0.6) is 0 Å². The monoisotopic (exact) mass is 124 g/mol. The second-order valence-electron chi connectivity index (χ2n) is 2.06. The van der Waals surface area contributed by atoms with Crippen LogP contribution in [0.25, 0.3) is 0 Å². The van der Waals surface area contributed by atoms with Crippen molar-refractivity contribution in [3.63, 3.8) is 0 Å². The van der Waals surface area contributed by atoms with Crippen LogP contribution in [-0.2, 0) is 0 Å². The average molecular weight is 124 g/mol. The van der Waals surface area contributed by atoms with Crippen molar-refractivity contribution in [3.05, 3.63) is 12.3 Å². The molecule has 9 heavy (non-hydrogen) atoms. The number of hydrogen-bond donors (Lipinski definition) is 0. The predicted molar refractivity (Wildman–Crippen MR) is 37.7 cm³/mol. The zero-order valence-corrected chi connectivity index (χ0v) is 6.02. The van der Waals surface area contributed by atoms with Gasteiger partial charge in [0.2, 0.25) is 0 Å². The maximum absolute atomic E-state index is 8.19. The van der Waals surface area contributed by atoms with Gasteiger partial charge >= 0.3 is 0 Å². The van der Waals surface area contributed by atoms with Crippen molar-refractivity contribution in [2.75, 3.05) is 13.6 Å². The lowest BCUT2D eigenvalue weighted by atomic mass is 10.4. The highest BCUT2D eigenvalue weighted by Gasteiger charge is 1.92. The van der Waals surface area contributed by atoms with Gasteiger partial charge in [0.25, 0.3) is 0 Å². The molecule has 0 spiro atoms. The van der Waals surface area contributed by atoms with Gasteiger partial charge in [0, 0.05) is 19.3 Å². The summed E-state index contributed by atoms with van der Waals surface area (Å²) in [4.78, 5) is 1.96. The highest BCUT2D eigenvalue weighted by Crippen LogP contribution is 1.95. The second-order valence-corrected chi connectivity index (χ2v) is 2.06. The van der Waals surface area contributed by atoms with Crippen LogP contribution >= 0.6 is 0 Å². The molecule has 0 bridgehead atoms. The minimum absolute atomic E-state index is 0.573. The first-order chi connectivity index (χ1) is 4.18. The molecule has 2 heteroatoms. The number of nitrogens with zero attached hydrogens (tertiary/aromatic N) is 2. The van der Waals surface area contributed by atoms with Gasteiger partial charge < -0.3 is 4.90 Å². The van der Waals surface area contributed by atoms with E-state index < -0.39 is 0 Å². The van der Waals surface area contributed by atoms with E-state index in [1.165, 1.54) is 0 Å². The third kappa shape index (κ3) is 3.60. The Labute approximate surface area is 56.4 Å². The molecule has 0 amide bonds. The van der Waals surface area contributed by atoms with Crippen molar-refractivity contribution in [1.82, 2.24) is 4.90 Å². The summed E-state index contributed by atoms with van der Waals surface area (Å²) in [6.07, 6.45) is 0.573. The molecule has 0 aromatic heterocycles. The van der Waals surface area contributed by atoms with Crippen LogP contribution in [0.1, 0.15) is 13.3 Å². The number of rotatable bonds is 3. The first-order valence-corrected chi connectivity index (χ1v) is 2.92. The lowest BCUT2D eigenvalue weighted by Crippen LogP contribution is -2.15. The Morgan fingerprint density at radius 3 is 2.67 bits per heavy atom. The maximum atomic E-state index is 8.19. The Bertz CT molecular complexity index is 132. The Morgan fingerprint density at radius 2 is 2.33 bits per heavy atom. The normalized spacial score (nSPS) is 8.11. The Balaban J connectivity index is 3.41. The highest BCUT2D eigenvalue weighted by molar-refractivity contribution is 4.87. The SMILES string of the molecule is C=C(C)N(C)CCC#N. The second kappa shape index (κ2) is 3.96. The van der Waals surface area contributed by atoms with Crippen molar-refractivity contribution in [2.45, 2.75) is 13.3 Å². The van der Waals surface area contributed by atoms with Crippen LogP contribution in [0.3, 0.4) is 0 Å². The van der Waals surface area contributed by atoms with E-state index in [1.54, 1.807) is 0 Å². The number of allylic oxidation sites excluding steroid dienone is 1. The minimum atomic E-state index is 0.573. The number of nitriles is 1. The Hall–Kier alpha value is -0.970. The van der Waals surface area contributed by atoms with Crippen LogP contribution in [0, 0.1) is 11.3 Å². The van der Waals surface area contributed by atoms with E-state index in [2.05, 4.69) is 12.6 Å². The summed E-state index contributed by atoms with van der Waals surface area (Å²) >= 11 is 0. The summed E-state index contributed by atoms with van der Waals surface area (Å²) in [6, 6.07) is 2.07. The van der Waals surface area contributed by atoms with Gasteiger partial charge in [-0.25, -0.2) is 0 Å². The molecule has 0 aliphatic rings. The minimum Gasteiger partial charge on any atom is -0.378 e. The molecule has 50 valence electrons. The van der Waals surface area contributed by atoms with E-state index >= 15 is 0 Å². The zero-order valence-electron chi connectivity index (χ0n) is 6.02. The average Bonchev–Trinajstić information content (AvgIpc) is 1.82. The molecule has 0 saturated heterocycles. The number of hydrogen-bond acceptors (Lipinski definition) is 2. The molecule has 2 nitrogen and oxygen atoms in total. The van der Waals surface area contributed by atoms with Gasteiger partial charge in [0.05, 0.1) is 12.5 Å². The fourth-order valence-corrected chi connectivity index (χ4v) is 0.409. The van der Waals surface area contributed by atoms with Gasteiger partial charge in [-0.2, -0.15) is 5.26 Å². The van der Waals surface area contributed by atoms with Crippen molar-refractivity contribution in [3.8, 4) is 6.07 Å². The molecule has 0 N–H and O–H groups in total. The highest BCUT2D eigenvalue weighted by atomic mass is 15.1. The third-order valence-corrected chi connectivity index (χ3v) is 1.21. The summed E-state index contributed by atoms with van der Waals surface area (Å²) < 4.78 is 0. The fraction of sp³-hybridized carbons (Fsp3) is 0.571. The van der Waals surface area contributed by atoms with Crippen LogP contribution in [-0.4, -0.2) is 18.5 Å². The maximum Gasteiger partial charge on any atom is 0.0640 e. The first kappa shape index (κ1) is 8.03. The molecule has 0 aliphatic carbocycles. The van der Waals surface area contributed by atoms with Crippen molar-refractivity contribution < 1.29 is 0 Å². The Morgan fingerprint density at radius 1 is 1.78 bits per heavy atom. The third-order valence-electron chi connectivity index (χ3n) is 1.21. The van der Waals surface area contributed by atoms with Gasteiger partial charge in [-0.3, -0.25) is 0 Å². The molecule has 0 fully saturated rings. The van der Waals surface area contributed by atoms with E-state index in [-0.39, 0.29) is 0 Å². The molecular formula is C7H12N2. The quantitative estimate of drug-likeness (QED) is 0.568. The van der Waals surface area contributed by atoms with E-state index in [0.29, 0.717) is 6.42 Å². The molecule has 0 rings (SSSR count). The van der Waals surface area contributed by atoms with E-state index in [9.17, 15) is 0 Å². The molecule has 0 aromatic rings. The summed E-state index contributed by atoms with van der Waals surface area (Å²) in [5, 5.41) is 8.19. The van der Waals surface area contributed by atoms with Crippen LogP contribution in [0.2, 0.25) is 0 Å². The van der Waals surface area contributed by atoms with Gasteiger partial charge in [-0.05, 0) is 6.92 Å². The molecule has 0 radical (unpaired) electrons. The molecule has 0 aliphatic heterocycles. The lowest BCUT2D eigenvalue weighted by molar-refractivity contribution is 0.430. The van der Waals surface area contributed by atoms with Crippen LogP contribution < -0.4 is 0 Å². The van der Waals surface area contributed by atoms with Crippen molar-refractivity contribution in [2.24, 2.45) is 0 Å². The molecular weight excluding hydrogens is 112 g/mol. The molecule has 0 atom stereocenters. The van der Waals surface area contributed by atoms with Crippen molar-refractivity contribution in [1.29, 1.82) is 5.26 Å². The zero-order chi connectivity index (χ0) is 7.28. The molecule has 0 heterocycles. The van der Waals surface area contributed by atoms with Gasteiger partial charge in [-0.15, -0.1) is 0 Å². The first-order valence-electron chi connectivity index (χ1n) is 2.92. The van der Waals surface area contributed by atoms with Gasteiger partial charge in [0.1, 0.15) is 0 Å². The van der Waals surface area contributed by atoms with E-state index in [4.69, 9.17) is 5.26 Å². The predicted octanol–water partition coefficient (Wildman–Crippen LogP) is 1.37. The Kier molecular flexibility index (Phi) is 3.54. The van der Waals surface area contributed by atoms with Gasteiger partial charge in [0.15, 0.2) is 0 Å². The topological polar surface area (TPSA) is 27.0 Å². The summed E-state index contributed by atoms with van der Waals surface area (Å²) in [6.45, 7) is 6.44. The van der Waals surface area contributed by atoms with Gasteiger partial charge in [-0.1, -0.05) is 6.58 Å². The van der Waals surface area contributed by atoms with E-state index in [0.717, 1.165) is 12.2 Å². The smallest absolute Gasteiger partial charge is 0.0640 e. The van der Waals surface area contributed by atoms with Crippen LogP contribution in [0.4, 0.5) is 0 Å². The molecule has 0 unspecified atom stereocenters. The largest absolute Gasteiger partial charge is 0.378 e. The van der Waals surface area contributed by atoms with Crippen molar-refractivity contribution >= 4 is 0 Å². The van der Waals surface area contributed by atoms with Crippen LogP contribution in [0.15, 0.2) is 12.3 Å². The van der Waals surface area contributed by atoms with E-state index in [1.807, 2.05) is 18.9 Å². The summed E-state index contributed by atoms with van der Waals surface area (Å²) in [7, 11) is 1.93. The summed E-state index contributed by atoms with van der Waals surface area (Å²) in [5.74, 6) is 0.